The van der Waals surface area contributed by atoms with Crippen molar-refractivity contribution in [1.82, 2.24) is 0 Å². The Morgan fingerprint density at radius 1 is 0.958 bits per heavy atom. The van der Waals surface area contributed by atoms with Crippen molar-refractivity contribution in [3.05, 3.63) is 74.3 Å². The van der Waals surface area contributed by atoms with Crippen molar-refractivity contribution in [2.75, 3.05) is 6.61 Å². The van der Waals surface area contributed by atoms with Crippen molar-refractivity contribution in [1.29, 1.82) is 0 Å². The first-order valence-corrected chi connectivity index (χ1v) is 7.32. The maximum absolute atomic E-state index is 12.1. The number of ketones is 1. The van der Waals surface area contributed by atoms with E-state index in [1.807, 2.05) is 13.8 Å². The highest BCUT2D eigenvalue weighted by Gasteiger charge is 2.17. The highest BCUT2D eigenvalue weighted by Crippen LogP contribution is 2.19. The molecule has 0 radical (unpaired) electrons. The fourth-order valence-electron chi connectivity index (χ4n) is 2.15. The minimum absolute atomic E-state index is 0.138. The van der Waals surface area contributed by atoms with Crippen LogP contribution in [0.4, 0.5) is 5.69 Å². The summed E-state index contributed by atoms with van der Waals surface area (Å²) in [5, 5.41) is 10.9. The van der Waals surface area contributed by atoms with Crippen molar-refractivity contribution in [3.63, 3.8) is 0 Å². The summed E-state index contributed by atoms with van der Waals surface area (Å²) >= 11 is 0. The Morgan fingerprint density at radius 3 is 2.21 bits per heavy atom. The Morgan fingerprint density at radius 2 is 1.58 bits per heavy atom. The molecule has 0 aliphatic carbocycles. The third kappa shape index (κ3) is 3.84. The summed E-state index contributed by atoms with van der Waals surface area (Å²) < 4.78 is 5.01. The van der Waals surface area contributed by atoms with Gasteiger partial charge in [0.25, 0.3) is 5.69 Å². The van der Waals surface area contributed by atoms with E-state index in [2.05, 4.69) is 0 Å². The summed E-state index contributed by atoms with van der Waals surface area (Å²) in [4.78, 5) is 34.4. The van der Waals surface area contributed by atoms with Crippen LogP contribution in [0.1, 0.15) is 37.4 Å². The number of hydrogen-bond acceptors (Lipinski definition) is 5. The van der Waals surface area contributed by atoms with Crippen LogP contribution in [-0.4, -0.2) is 23.3 Å². The lowest BCUT2D eigenvalue weighted by molar-refractivity contribution is -0.385. The van der Waals surface area contributed by atoms with E-state index in [1.165, 1.54) is 18.2 Å². The molecule has 6 heteroatoms. The van der Waals surface area contributed by atoms with E-state index in [0.717, 1.165) is 11.1 Å². The Balaban J connectivity index is 2.07. The number of benzene rings is 2. The molecule has 0 aromatic heterocycles. The second-order valence-electron chi connectivity index (χ2n) is 5.56. The van der Waals surface area contributed by atoms with Crippen molar-refractivity contribution < 1.29 is 19.2 Å². The molecule has 0 bridgehead atoms. The molecule has 0 heterocycles. The highest BCUT2D eigenvalue weighted by atomic mass is 16.6. The molecule has 0 saturated carbocycles. The van der Waals surface area contributed by atoms with Crippen molar-refractivity contribution in [2.24, 2.45) is 0 Å². The van der Waals surface area contributed by atoms with Crippen LogP contribution in [0.2, 0.25) is 0 Å². The number of Topliss-reactive ketones (excluding diaryl/α,β-unsaturated/α-hetero) is 1. The van der Waals surface area contributed by atoms with Gasteiger partial charge in [-0.25, -0.2) is 4.79 Å². The van der Waals surface area contributed by atoms with Gasteiger partial charge in [-0.2, -0.15) is 0 Å². The molecule has 0 saturated heterocycles. The lowest BCUT2D eigenvalue weighted by Crippen LogP contribution is -2.14. The molecule has 0 amide bonds. The molecular formula is C18H17NO5. The van der Waals surface area contributed by atoms with Crippen LogP contribution < -0.4 is 0 Å². The van der Waals surface area contributed by atoms with Gasteiger partial charge in [0.1, 0.15) is 0 Å². The smallest absolute Gasteiger partial charge is 0.338 e. The van der Waals surface area contributed by atoms with E-state index in [1.54, 1.807) is 25.1 Å². The van der Waals surface area contributed by atoms with Crippen LogP contribution in [0.25, 0.3) is 0 Å². The van der Waals surface area contributed by atoms with Gasteiger partial charge in [-0.15, -0.1) is 0 Å². The number of rotatable bonds is 5. The fourth-order valence-corrected chi connectivity index (χ4v) is 2.15. The predicted octanol–water partition coefficient (Wildman–Crippen LogP) is 3.56. The largest absolute Gasteiger partial charge is 0.454 e. The van der Waals surface area contributed by atoms with E-state index in [9.17, 15) is 19.7 Å². The van der Waals surface area contributed by atoms with Crippen LogP contribution in [0, 0.1) is 30.9 Å². The summed E-state index contributed by atoms with van der Waals surface area (Å²) in [6.07, 6.45) is 0. The molecule has 0 unspecified atom stereocenters. The van der Waals surface area contributed by atoms with E-state index < -0.39 is 23.3 Å². The zero-order chi connectivity index (χ0) is 17.9. The molecule has 2 rings (SSSR count). The quantitative estimate of drug-likeness (QED) is 0.363. The predicted molar refractivity (Wildman–Crippen MR) is 88.4 cm³/mol. The lowest BCUT2D eigenvalue weighted by atomic mass is 10.1. The monoisotopic (exact) mass is 327 g/mol. The maximum Gasteiger partial charge on any atom is 0.338 e. The van der Waals surface area contributed by atoms with Crippen molar-refractivity contribution in [2.45, 2.75) is 20.8 Å². The van der Waals surface area contributed by atoms with Gasteiger partial charge < -0.3 is 4.74 Å². The molecule has 2 aromatic rings. The van der Waals surface area contributed by atoms with Gasteiger partial charge in [0.15, 0.2) is 6.61 Å². The second-order valence-corrected chi connectivity index (χ2v) is 5.56. The normalized spacial score (nSPS) is 10.3. The summed E-state index contributed by atoms with van der Waals surface area (Å²) in [6, 6.07) is 9.30. The summed E-state index contributed by atoms with van der Waals surface area (Å²) in [5.74, 6) is -1.09. The molecule has 0 fully saturated rings. The van der Waals surface area contributed by atoms with Gasteiger partial charge in [0.05, 0.1) is 10.5 Å². The molecule has 124 valence electrons. The molecule has 0 atom stereocenters. The zero-order valence-electron chi connectivity index (χ0n) is 13.7. The number of nitro benzene ring substituents is 1. The third-order valence-corrected chi connectivity index (χ3v) is 3.80. The number of hydrogen-bond donors (Lipinski definition) is 0. The van der Waals surface area contributed by atoms with E-state index in [0.29, 0.717) is 11.1 Å². The van der Waals surface area contributed by atoms with Crippen LogP contribution >= 0.6 is 0 Å². The highest BCUT2D eigenvalue weighted by molar-refractivity contribution is 5.99. The first kappa shape index (κ1) is 17.3. The molecule has 6 nitrogen and oxygen atoms in total. The van der Waals surface area contributed by atoms with Gasteiger partial charge in [-0.3, -0.25) is 14.9 Å². The maximum atomic E-state index is 12.1. The third-order valence-electron chi connectivity index (χ3n) is 3.80. The Hall–Kier alpha value is -3.02. The fraction of sp³-hybridized carbons (Fsp3) is 0.222. The first-order chi connectivity index (χ1) is 11.3. The van der Waals surface area contributed by atoms with E-state index in [4.69, 9.17) is 4.74 Å². The van der Waals surface area contributed by atoms with Gasteiger partial charge in [0, 0.05) is 17.2 Å². The van der Waals surface area contributed by atoms with Crippen LogP contribution in [0.5, 0.6) is 0 Å². The molecule has 0 N–H and O–H groups in total. The minimum Gasteiger partial charge on any atom is -0.454 e. The van der Waals surface area contributed by atoms with Crippen molar-refractivity contribution >= 4 is 17.4 Å². The van der Waals surface area contributed by atoms with E-state index in [-0.39, 0.29) is 11.3 Å². The van der Waals surface area contributed by atoms with Gasteiger partial charge >= 0.3 is 5.97 Å². The molecular weight excluding hydrogens is 310 g/mol. The summed E-state index contributed by atoms with van der Waals surface area (Å²) in [5.41, 5.74) is 2.82. The second kappa shape index (κ2) is 7.04. The Bertz CT molecular complexity index is 826. The Labute approximate surface area is 139 Å². The lowest BCUT2D eigenvalue weighted by Gasteiger charge is -2.07. The van der Waals surface area contributed by atoms with Gasteiger partial charge in [-0.1, -0.05) is 18.2 Å². The number of ether oxygens (including phenoxy) is 1. The molecule has 0 spiro atoms. The van der Waals surface area contributed by atoms with Crippen LogP contribution in [-0.2, 0) is 4.74 Å². The number of nitrogens with zero attached hydrogens (tertiary/aromatic N) is 1. The van der Waals surface area contributed by atoms with Crippen molar-refractivity contribution in [3.8, 4) is 0 Å². The standard InChI is InChI=1S/C18H17NO5/c1-11-4-7-15(8-13(11)3)18(21)24-10-17(20)14-6-5-12(2)16(9-14)19(22)23/h4-9H,10H2,1-3H3. The Kier molecular flexibility index (Phi) is 5.08. The summed E-state index contributed by atoms with van der Waals surface area (Å²) in [6.45, 7) is 4.93. The minimum atomic E-state index is -0.604. The molecule has 24 heavy (non-hydrogen) atoms. The van der Waals surface area contributed by atoms with Crippen LogP contribution in [0.3, 0.4) is 0 Å². The molecule has 2 aromatic carbocycles. The average molecular weight is 327 g/mol. The zero-order valence-corrected chi connectivity index (χ0v) is 13.7. The number of carbonyl (C=O) groups is 2. The number of carbonyl (C=O) groups excluding carboxylic acids is 2. The number of aryl methyl sites for hydroxylation is 3. The van der Waals surface area contributed by atoms with E-state index >= 15 is 0 Å². The van der Waals surface area contributed by atoms with Crippen LogP contribution in [0.15, 0.2) is 36.4 Å². The average Bonchev–Trinajstić information content (AvgIpc) is 2.55. The summed E-state index contributed by atoms with van der Waals surface area (Å²) in [7, 11) is 0. The molecule has 0 aliphatic rings. The number of esters is 1. The van der Waals surface area contributed by atoms with Gasteiger partial charge in [0.2, 0.25) is 5.78 Å². The SMILES string of the molecule is Cc1ccc(C(=O)OCC(=O)c2ccc(C)c([N+](=O)[O-])c2)cc1C. The molecule has 0 aliphatic heterocycles. The first-order valence-electron chi connectivity index (χ1n) is 7.32. The number of nitro groups is 1. The van der Waals surface area contributed by atoms with Gasteiger partial charge in [-0.05, 0) is 44.0 Å². The topological polar surface area (TPSA) is 86.5 Å².